The van der Waals surface area contributed by atoms with Crippen LogP contribution in [0, 0.1) is 0 Å². The molecule has 0 radical (unpaired) electrons. The standard InChI is InChI=1S/C14H22N2OS/c1-3-13(10-18-2)16-14(17)8-11-6-4-5-7-12(11)9-15/h4-7,13H,3,8-10,15H2,1-2H3,(H,16,17). The molecule has 0 aromatic heterocycles. The molecule has 0 bridgehead atoms. The fourth-order valence-electron chi connectivity index (χ4n) is 1.84. The first-order chi connectivity index (χ1) is 8.71. The number of rotatable bonds is 7. The summed E-state index contributed by atoms with van der Waals surface area (Å²) in [7, 11) is 0. The number of benzene rings is 1. The van der Waals surface area contributed by atoms with Crippen LogP contribution in [-0.4, -0.2) is 24.0 Å². The molecule has 3 nitrogen and oxygen atoms in total. The van der Waals surface area contributed by atoms with Crippen LogP contribution >= 0.6 is 11.8 Å². The third kappa shape index (κ3) is 4.70. The van der Waals surface area contributed by atoms with Gasteiger partial charge in [-0.25, -0.2) is 0 Å². The minimum atomic E-state index is 0.0804. The molecule has 4 heteroatoms. The van der Waals surface area contributed by atoms with Gasteiger partial charge >= 0.3 is 0 Å². The predicted octanol–water partition coefficient (Wildman–Crippen LogP) is 1.95. The average Bonchev–Trinajstić information content (AvgIpc) is 2.38. The summed E-state index contributed by atoms with van der Waals surface area (Å²) in [6, 6.07) is 8.10. The van der Waals surface area contributed by atoms with Crippen molar-refractivity contribution in [2.75, 3.05) is 12.0 Å². The summed E-state index contributed by atoms with van der Waals surface area (Å²) in [5, 5.41) is 3.07. The van der Waals surface area contributed by atoms with E-state index in [9.17, 15) is 4.79 Å². The van der Waals surface area contributed by atoms with E-state index in [0.29, 0.717) is 13.0 Å². The summed E-state index contributed by atoms with van der Waals surface area (Å²) in [6.45, 7) is 2.57. The quantitative estimate of drug-likeness (QED) is 0.793. The summed E-state index contributed by atoms with van der Waals surface area (Å²) in [5.74, 6) is 1.04. The maximum absolute atomic E-state index is 12.0. The first kappa shape index (κ1) is 15.1. The Bertz CT molecular complexity index is 382. The molecule has 1 rings (SSSR count). The molecule has 3 N–H and O–H groups in total. The van der Waals surface area contributed by atoms with Crippen LogP contribution in [0.15, 0.2) is 24.3 Å². The molecule has 0 aliphatic heterocycles. The van der Waals surface area contributed by atoms with E-state index in [1.807, 2.05) is 24.3 Å². The first-order valence-electron chi connectivity index (χ1n) is 6.26. The zero-order chi connectivity index (χ0) is 13.4. The van der Waals surface area contributed by atoms with Crippen molar-refractivity contribution in [1.82, 2.24) is 5.32 Å². The minimum Gasteiger partial charge on any atom is -0.352 e. The SMILES string of the molecule is CCC(CSC)NC(=O)Cc1ccccc1CN. The van der Waals surface area contributed by atoms with Gasteiger partial charge in [0, 0.05) is 18.3 Å². The summed E-state index contributed by atoms with van der Waals surface area (Å²) >= 11 is 1.76. The van der Waals surface area contributed by atoms with Gasteiger partial charge in [-0.3, -0.25) is 4.79 Å². The van der Waals surface area contributed by atoms with E-state index in [4.69, 9.17) is 5.73 Å². The van der Waals surface area contributed by atoms with Gasteiger partial charge in [0.05, 0.1) is 6.42 Å². The molecule has 100 valence electrons. The van der Waals surface area contributed by atoms with Crippen molar-refractivity contribution < 1.29 is 4.79 Å². The van der Waals surface area contributed by atoms with Crippen LogP contribution in [0.3, 0.4) is 0 Å². The third-order valence-corrected chi connectivity index (χ3v) is 3.65. The topological polar surface area (TPSA) is 55.1 Å². The second kappa shape index (κ2) is 8.16. The molecule has 0 saturated heterocycles. The van der Waals surface area contributed by atoms with E-state index in [1.54, 1.807) is 11.8 Å². The molecule has 0 spiro atoms. The Hall–Kier alpha value is -1.00. The highest BCUT2D eigenvalue weighted by atomic mass is 32.2. The Kier molecular flexibility index (Phi) is 6.83. The van der Waals surface area contributed by atoms with Gasteiger partial charge in [0.25, 0.3) is 0 Å². The lowest BCUT2D eigenvalue weighted by atomic mass is 10.0. The second-order valence-corrected chi connectivity index (χ2v) is 5.19. The molecule has 0 heterocycles. The van der Waals surface area contributed by atoms with E-state index in [-0.39, 0.29) is 11.9 Å². The summed E-state index contributed by atoms with van der Waals surface area (Å²) in [4.78, 5) is 12.0. The fraction of sp³-hybridized carbons (Fsp3) is 0.500. The molecule has 18 heavy (non-hydrogen) atoms. The number of nitrogens with two attached hydrogens (primary N) is 1. The number of amides is 1. The zero-order valence-electron chi connectivity index (χ0n) is 11.1. The minimum absolute atomic E-state index is 0.0804. The van der Waals surface area contributed by atoms with Crippen molar-refractivity contribution in [1.29, 1.82) is 0 Å². The third-order valence-electron chi connectivity index (χ3n) is 2.92. The lowest BCUT2D eigenvalue weighted by molar-refractivity contribution is -0.121. The number of carbonyl (C=O) groups is 1. The Morgan fingerprint density at radius 3 is 2.61 bits per heavy atom. The normalized spacial score (nSPS) is 12.2. The summed E-state index contributed by atoms with van der Waals surface area (Å²) < 4.78 is 0. The summed E-state index contributed by atoms with van der Waals surface area (Å²) in [5.41, 5.74) is 7.74. The molecule has 1 aromatic carbocycles. The van der Waals surface area contributed by atoms with Crippen LogP contribution in [-0.2, 0) is 17.8 Å². The van der Waals surface area contributed by atoms with Crippen molar-refractivity contribution in [3.8, 4) is 0 Å². The molecule has 1 unspecified atom stereocenters. The van der Waals surface area contributed by atoms with E-state index in [2.05, 4.69) is 18.5 Å². The van der Waals surface area contributed by atoms with Crippen molar-refractivity contribution in [2.24, 2.45) is 5.73 Å². The van der Waals surface area contributed by atoms with Crippen molar-refractivity contribution in [3.05, 3.63) is 35.4 Å². The molecule has 0 fully saturated rings. The number of hydrogen-bond donors (Lipinski definition) is 2. The van der Waals surface area contributed by atoms with E-state index >= 15 is 0 Å². The Morgan fingerprint density at radius 1 is 1.39 bits per heavy atom. The second-order valence-electron chi connectivity index (χ2n) is 4.28. The van der Waals surface area contributed by atoms with Gasteiger partial charge in [-0.2, -0.15) is 11.8 Å². The van der Waals surface area contributed by atoms with Crippen LogP contribution in [0.4, 0.5) is 0 Å². The Morgan fingerprint density at radius 2 is 2.06 bits per heavy atom. The van der Waals surface area contributed by atoms with Gasteiger partial charge in [-0.05, 0) is 23.8 Å². The van der Waals surface area contributed by atoms with Crippen molar-refractivity contribution in [3.63, 3.8) is 0 Å². The van der Waals surface area contributed by atoms with E-state index in [1.165, 1.54) is 0 Å². The number of nitrogens with one attached hydrogen (secondary N) is 1. The van der Waals surface area contributed by atoms with Crippen molar-refractivity contribution >= 4 is 17.7 Å². The zero-order valence-corrected chi connectivity index (χ0v) is 11.9. The van der Waals surface area contributed by atoms with Crippen LogP contribution in [0.2, 0.25) is 0 Å². The molecule has 1 amide bonds. The number of hydrogen-bond acceptors (Lipinski definition) is 3. The average molecular weight is 266 g/mol. The Balaban J connectivity index is 2.58. The van der Waals surface area contributed by atoms with Gasteiger partial charge in [-0.1, -0.05) is 31.2 Å². The number of carbonyl (C=O) groups excluding carboxylic acids is 1. The highest BCUT2D eigenvalue weighted by Gasteiger charge is 2.11. The molecular weight excluding hydrogens is 244 g/mol. The molecule has 1 aromatic rings. The molecular formula is C14H22N2OS. The maximum Gasteiger partial charge on any atom is 0.224 e. The number of thioether (sulfide) groups is 1. The van der Waals surface area contributed by atoms with Crippen LogP contribution in [0.5, 0.6) is 0 Å². The lowest BCUT2D eigenvalue weighted by Crippen LogP contribution is -2.37. The van der Waals surface area contributed by atoms with Gasteiger partial charge < -0.3 is 11.1 Å². The smallest absolute Gasteiger partial charge is 0.224 e. The van der Waals surface area contributed by atoms with Gasteiger partial charge in [0.1, 0.15) is 0 Å². The van der Waals surface area contributed by atoms with Crippen LogP contribution in [0.25, 0.3) is 0 Å². The Labute approximate surface area is 114 Å². The van der Waals surface area contributed by atoms with Crippen LogP contribution in [0.1, 0.15) is 24.5 Å². The van der Waals surface area contributed by atoms with Gasteiger partial charge in [-0.15, -0.1) is 0 Å². The molecule has 1 atom stereocenters. The van der Waals surface area contributed by atoms with Crippen LogP contribution < -0.4 is 11.1 Å². The van der Waals surface area contributed by atoms with E-state index < -0.39 is 0 Å². The maximum atomic E-state index is 12.0. The highest BCUT2D eigenvalue weighted by Crippen LogP contribution is 2.09. The van der Waals surface area contributed by atoms with Gasteiger partial charge in [0.2, 0.25) is 5.91 Å². The highest BCUT2D eigenvalue weighted by molar-refractivity contribution is 7.98. The molecule has 0 aliphatic carbocycles. The summed E-state index contributed by atoms with van der Waals surface area (Å²) in [6.07, 6.45) is 3.43. The van der Waals surface area contributed by atoms with E-state index in [0.717, 1.165) is 23.3 Å². The van der Waals surface area contributed by atoms with Crippen molar-refractivity contribution in [2.45, 2.75) is 32.4 Å². The first-order valence-corrected chi connectivity index (χ1v) is 7.65. The monoisotopic (exact) mass is 266 g/mol. The molecule has 0 saturated carbocycles. The van der Waals surface area contributed by atoms with Gasteiger partial charge in [0.15, 0.2) is 0 Å². The molecule has 0 aliphatic rings. The fourth-order valence-corrected chi connectivity index (χ4v) is 2.56. The predicted molar refractivity (Wildman–Crippen MR) is 78.6 cm³/mol. The largest absolute Gasteiger partial charge is 0.352 e. The lowest BCUT2D eigenvalue weighted by Gasteiger charge is -2.16.